The highest BCUT2D eigenvalue weighted by atomic mass is 19.4. The Kier molecular flexibility index (Phi) is 15.0. The molecular formula is C20H26F3N3O10. The lowest BCUT2D eigenvalue weighted by atomic mass is 10.2. The number of amides is 1. The number of carboxylic acids is 4. The van der Waals surface area contributed by atoms with Crippen molar-refractivity contribution in [2.75, 3.05) is 51.3 Å². The summed E-state index contributed by atoms with van der Waals surface area (Å²) in [5, 5.41) is 35.0. The quantitative estimate of drug-likeness (QED) is 0.210. The van der Waals surface area contributed by atoms with Crippen LogP contribution in [0.15, 0.2) is 24.3 Å². The first-order valence-electron chi connectivity index (χ1n) is 10.1. The van der Waals surface area contributed by atoms with Crippen LogP contribution < -0.4 is 10.6 Å². The van der Waals surface area contributed by atoms with Gasteiger partial charge in [-0.2, -0.15) is 13.2 Å². The molecule has 0 aromatic heterocycles. The summed E-state index contributed by atoms with van der Waals surface area (Å²) in [7, 11) is 0. The Labute approximate surface area is 202 Å². The molecule has 1 aliphatic rings. The van der Waals surface area contributed by atoms with Crippen LogP contribution in [0.5, 0.6) is 0 Å². The van der Waals surface area contributed by atoms with Gasteiger partial charge in [-0.15, -0.1) is 0 Å². The van der Waals surface area contributed by atoms with Crippen LogP contribution in [0.25, 0.3) is 0 Å². The second-order valence-electron chi connectivity index (χ2n) is 6.83. The molecule has 202 valence electrons. The summed E-state index contributed by atoms with van der Waals surface area (Å²) in [6.07, 6.45) is -3.52. The van der Waals surface area contributed by atoms with Gasteiger partial charge in [0, 0.05) is 18.8 Å². The van der Waals surface area contributed by atoms with E-state index in [2.05, 4.69) is 15.5 Å². The normalized spacial score (nSPS) is 13.2. The van der Waals surface area contributed by atoms with Crippen LogP contribution in [0.2, 0.25) is 0 Å². The number of benzene rings is 1. The van der Waals surface area contributed by atoms with Gasteiger partial charge in [0.2, 0.25) is 5.91 Å². The van der Waals surface area contributed by atoms with Crippen molar-refractivity contribution in [2.45, 2.75) is 12.6 Å². The van der Waals surface area contributed by atoms with E-state index in [9.17, 15) is 18.0 Å². The van der Waals surface area contributed by atoms with Crippen molar-refractivity contribution >= 4 is 35.5 Å². The minimum Gasteiger partial charge on any atom is -0.473 e. The van der Waals surface area contributed by atoms with E-state index in [1.165, 1.54) is 12.1 Å². The van der Waals surface area contributed by atoms with Crippen molar-refractivity contribution in [3.8, 4) is 0 Å². The molecule has 1 heterocycles. The van der Waals surface area contributed by atoms with Gasteiger partial charge < -0.3 is 35.8 Å². The lowest BCUT2D eigenvalue weighted by Gasteiger charge is -2.26. The largest absolute Gasteiger partial charge is 0.473 e. The molecule has 0 atom stereocenters. The molecule has 0 saturated carbocycles. The minimum atomic E-state index is -4.42. The van der Waals surface area contributed by atoms with E-state index in [4.69, 9.17) is 44.3 Å². The molecule has 0 bridgehead atoms. The molecule has 1 fully saturated rings. The third-order valence-corrected chi connectivity index (χ3v) is 4.06. The Hall–Kier alpha value is -3.76. The first-order chi connectivity index (χ1) is 16.7. The fourth-order valence-corrected chi connectivity index (χ4v) is 2.43. The Morgan fingerprint density at radius 3 is 1.92 bits per heavy atom. The molecule has 0 spiro atoms. The van der Waals surface area contributed by atoms with E-state index >= 15 is 0 Å². The van der Waals surface area contributed by atoms with E-state index in [1.54, 1.807) is 0 Å². The fourth-order valence-electron chi connectivity index (χ4n) is 2.43. The number of carbonyl (C=O) groups excluding carboxylic acids is 1. The van der Waals surface area contributed by atoms with Crippen molar-refractivity contribution in [3.63, 3.8) is 0 Å². The van der Waals surface area contributed by atoms with Crippen LogP contribution in [-0.2, 0) is 34.9 Å². The number of alkyl halides is 3. The minimum absolute atomic E-state index is 0.0688. The van der Waals surface area contributed by atoms with Crippen LogP contribution in [0.4, 0.5) is 18.9 Å². The molecule has 1 aromatic carbocycles. The topological polar surface area (TPSA) is 203 Å². The number of nitrogens with one attached hydrogen (secondary N) is 2. The molecule has 1 aromatic rings. The standard InChI is InChI=1S/C16H22F3N3O2.2C2H2O4/c17-16(18,19)13-3-1-4-14(11-13)21-15(23)12-20-5-2-6-22-7-9-24-10-8-22;2*3-1(4)2(5)6/h1,3-4,11,20H,2,5-10,12H2,(H,21,23);2*(H,3,4)(H,5,6). The predicted molar refractivity (Wildman–Crippen MR) is 115 cm³/mol. The maximum absolute atomic E-state index is 12.6. The monoisotopic (exact) mass is 525 g/mol. The highest BCUT2D eigenvalue weighted by Gasteiger charge is 2.30. The van der Waals surface area contributed by atoms with Gasteiger partial charge in [-0.3, -0.25) is 9.69 Å². The third-order valence-electron chi connectivity index (χ3n) is 4.06. The van der Waals surface area contributed by atoms with Crippen molar-refractivity contribution in [1.82, 2.24) is 10.2 Å². The number of nitrogens with zero attached hydrogens (tertiary/aromatic N) is 1. The number of carbonyl (C=O) groups is 5. The highest BCUT2D eigenvalue weighted by molar-refractivity contribution is 6.27. The Morgan fingerprint density at radius 2 is 1.44 bits per heavy atom. The van der Waals surface area contributed by atoms with E-state index in [1.807, 2.05) is 0 Å². The predicted octanol–water partition coefficient (Wildman–Crippen LogP) is 0.267. The number of hydrogen-bond donors (Lipinski definition) is 6. The summed E-state index contributed by atoms with van der Waals surface area (Å²) >= 11 is 0. The molecule has 0 radical (unpaired) electrons. The lowest BCUT2D eigenvalue weighted by molar-refractivity contribution is -0.159. The summed E-state index contributed by atoms with van der Waals surface area (Å²) < 4.78 is 43.1. The second kappa shape index (κ2) is 16.8. The molecule has 1 aliphatic heterocycles. The molecule has 2 rings (SSSR count). The number of aliphatic carboxylic acids is 4. The molecule has 1 amide bonds. The summed E-state index contributed by atoms with van der Waals surface area (Å²) in [5.41, 5.74) is -0.635. The number of hydrogen-bond acceptors (Lipinski definition) is 8. The molecular weight excluding hydrogens is 499 g/mol. The van der Waals surface area contributed by atoms with Gasteiger partial charge >= 0.3 is 30.1 Å². The van der Waals surface area contributed by atoms with Crippen molar-refractivity contribution in [1.29, 1.82) is 0 Å². The Bertz CT molecular complexity index is 842. The van der Waals surface area contributed by atoms with E-state index in [-0.39, 0.29) is 18.1 Å². The number of anilines is 1. The zero-order chi connectivity index (χ0) is 27.7. The Balaban J connectivity index is 0.000000846. The van der Waals surface area contributed by atoms with Gasteiger partial charge in [0.15, 0.2) is 0 Å². The molecule has 1 saturated heterocycles. The molecule has 6 N–H and O–H groups in total. The molecule has 36 heavy (non-hydrogen) atoms. The number of ether oxygens (including phenoxy) is 1. The summed E-state index contributed by atoms with van der Waals surface area (Å²) in [6.45, 7) is 5.05. The number of halogens is 3. The van der Waals surface area contributed by atoms with Crippen molar-refractivity contribution in [2.24, 2.45) is 0 Å². The molecule has 0 aliphatic carbocycles. The zero-order valence-corrected chi connectivity index (χ0v) is 18.8. The van der Waals surface area contributed by atoms with Crippen LogP contribution in [0.3, 0.4) is 0 Å². The highest BCUT2D eigenvalue weighted by Crippen LogP contribution is 2.30. The fraction of sp³-hybridized carbons (Fsp3) is 0.450. The average Bonchev–Trinajstić information content (AvgIpc) is 2.80. The second-order valence-corrected chi connectivity index (χ2v) is 6.83. The zero-order valence-electron chi connectivity index (χ0n) is 18.8. The first kappa shape index (κ1) is 32.2. The molecule has 0 unspecified atom stereocenters. The summed E-state index contributed by atoms with van der Waals surface area (Å²) in [4.78, 5) is 50.5. The van der Waals surface area contributed by atoms with Crippen LogP contribution in [-0.4, -0.2) is 101 Å². The van der Waals surface area contributed by atoms with Crippen LogP contribution >= 0.6 is 0 Å². The lowest BCUT2D eigenvalue weighted by Crippen LogP contribution is -2.38. The van der Waals surface area contributed by atoms with Crippen LogP contribution in [0.1, 0.15) is 12.0 Å². The van der Waals surface area contributed by atoms with Crippen molar-refractivity contribution in [3.05, 3.63) is 29.8 Å². The van der Waals surface area contributed by atoms with Crippen molar-refractivity contribution < 1.29 is 62.3 Å². The first-order valence-corrected chi connectivity index (χ1v) is 10.1. The smallest absolute Gasteiger partial charge is 0.416 e. The maximum Gasteiger partial charge on any atom is 0.416 e. The van der Waals surface area contributed by atoms with E-state index in [0.717, 1.165) is 51.4 Å². The van der Waals surface area contributed by atoms with Crippen LogP contribution in [0, 0.1) is 0 Å². The van der Waals surface area contributed by atoms with Gasteiger partial charge in [-0.05, 0) is 37.7 Å². The Morgan fingerprint density at radius 1 is 0.917 bits per heavy atom. The molecule has 13 nitrogen and oxygen atoms in total. The SMILES string of the molecule is O=C(CNCCCN1CCOCC1)Nc1cccc(C(F)(F)F)c1.O=C(O)C(=O)O.O=C(O)C(=O)O. The number of rotatable bonds is 7. The van der Waals surface area contributed by atoms with Gasteiger partial charge in [0.1, 0.15) is 0 Å². The molecule has 16 heteroatoms. The van der Waals surface area contributed by atoms with E-state index < -0.39 is 35.6 Å². The van der Waals surface area contributed by atoms with Gasteiger partial charge in [-0.25, -0.2) is 19.2 Å². The van der Waals surface area contributed by atoms with E-state index in [0.29, 0.717) is 6.54 Å². The third kappa shape index (κ3) is 16.0. The summed E-state index contributed by atoms with van der Waals surface area (Å²) in [5.74, 6) is -7.66. The summed E-state index contributed by atoms with van der Waals surface area (Å²) in [6, 6.07) is 4.61. The maximum atomic E-state index is 12.6. The number of carboxylic acid groups (broad SMARTS) is 4. The van der Waals surface area contributed by atoms with Gasteiger partial charge in [0.25, 0.3) is 0 Å². The average molecular weight is 525 g/mol. The van der Waals surface area contributed by atoms with Gasteiger partial charge in [0.05, 0.1) is 25.3 Å². The number of morpholine rings is 1. The van der Waals surface area contributed by atoms with Gasteiger partial charge in [-0.1, -0.05) is 6.07 Å².